The molecule has 2 heteroatoms. The summed E-state index contributed by atoms with van der Waals surface area (Å²) in [4.78, 5) is 14.3. The predicted octanol–water partition coefficient (Wildman–Crippen LogP) is 3.79. The number of carbonyl (C=O) groups excluding carboxylic acids is 1. The monoisotopic (exact) mass is 251 g/mol. The second kappa shape index (κ2) is 6.18. The summed E-state index contributed by atoms with van der Waals surface area (Å²) in [7, 11) is 0. The molecule has 0 bridgehead atoms. The highest BCUT2D eigenvalue weighted by atomic mass is 16.1. The molecule has 0 spiro atoms. The molecular weight excluding hydrogens is 222 g/mol. The molecule has 0 amide bonds. The summed E-state index contributed by atoms with van der Waals surface area (Å²) < 4.78 is 0. The van der Waals surface area contributed by atoms with E-state index in [0.717, 1.165) is 31.6 Å². The first-order valence-corrected chi connectivity index (χ1v) is 7.93. The number of unbranched alkanes of at least 4 members (excludes halogenated alkanes) is 2. The van der Waals surface area contributed by atoms with E-state index in [-0.39, 0.29) is 0 Å². The molecule has 2 rings (SSSR count). The molecule has 1 aliphatic carbocycles. The van der Waals surface area contributed by atoms with Crippen LogP contribution in [-0.2, 0) is 4.79 Å². The van der Waals surface area contributed by atoms with E-state index in [2.05, 4.69) is 18.7 Å². The Balaban J connectivity index is 1.99. The highest BCUT2D eigenvalue weighted by Crippen LogP contribution is 2.39. The molecule has 0 aromatic rings. The van der Waals surface area contributed by atoms with Crippen LogP contribution >= 0.6 is 0 Å². The molecule has 2 aliphatic rings. The number of hydrogen-bond donors (Lipinski definition) is 0. The molecule has 18 heavy (non-hydrogen) atoms. The van der Waals surface area contributed by atoms with E-state index in [1.54, 1.807) is 0 Å². The first kappa shape index (κ1) is 14.0. The van der Waals surface area contributed by atoms with Gasteiger partial charge in [-0.2, -0.15) is 0 Å². The van der Waals surface area contributed by atoms with Gasteiger partial charge in [-0.3, -0.25) is 9.69 Å². The minimum Gasteiger partial charge on any atom is -0.300 e. The van der Waals surface area contributed by atoms with Crippen LogP contribution in [0.5, 0.6) is 0 Å². The van der Waals surface area contributed by atoms with E-state index < -0.39 is 0 Å². The first-order chi connectivity index (χ1) is 8.66. The van der Waals surface area contributed by atoms with Crippen molar-refractivity contribution >= 4 is 5.78 Å². The van der Waals surface area contributed by atoms with E-state index in [4.69, 9.17) is 0 Å². The van der Waals surface area contributed by atoms with E-state index >= 15 is 0 Å². The number of nitrogens with zero attached hydrogens (tertiary/aromatic N) is 1. The Hall–Kier alpha value is -0.370. The summed E-state index contributed by atoms with van der Waals surface area (Å²) in [6.07, 6.45) is 10.6. The van der Waals surface area contributed by atoms with Gasteiger partial charge in [0.15, 0.2) is 0 Å². The van der Waals surface area contributed by atoms with Crippen molar-refractivity contribution in [2.75, 3.05) is 13.1 Å². The molecule has 1 aliphatic heterocycles. The lowest BCUT2D eigenvalue weighted by atomic mass is 9.76. The van der Waals surface area contributed by atoms with Gasteiger partial charge in [-0.1, -0.05) is 33.1 Å². The molecule has 0 N–H and O–H groups in total. The van der Waals surface area contributed by atoms with Crippen LogP contribution in [0.25, 0.3) is 0 Å². The third-order valence-electron chi connectivity index (χ3n) is 5.08. The summed E-state index contributed by atoms with van der Waals surface area (Å²) in [6.45, 7) is 7.17. The maximum Gasteiger partial charge on any atom is 0.133 e. The van der Waals surface area contributed by atoms with Crippen molar-refractivity contribution in [1.29, 1.82) is 0 Å². The van der Waals surface area contributed by atoms with Crippen LogP contribution in [0, 0.1) is 5.92 Å². The Morgan fingerprint density at radius 1 is 1.28 bits per heavy atom. The van der Waals surface area contributed by atoms with Crippen LogP contribution in [0.2, 0.25) is 0 Å². The molecule has 0 aromatic heterocycles. The van der Waals surface area contributed by atoms with E-state index in [1.807, 2.05) is 0 Å². The second-order valence-electron chi connectivity index (χ2n) is 6.56. The van der Waals surface area contributed by atoms with Gasteiger partial charge in [0.2, 0.25) is 0 Å². The largest absolute Gasteiger partial charge is 0.300 e. The van der Waals surface area contributed by atoms with Crippen molar-refractivity contribution in [3.05, 3.63) is 0 Å². The molecule has 1 saturated carbocycles. The predicted molar refractivity (Wildman–Crippen MR) is 75.7 cm³/mol. The average Bonchev–Trinajstić information content (AvgIpc) is 2.80. The lowest BCUT2D eigenvalue weighted by molar-refractivity contribution is -0.123. The molecule has 1 saturated heterocycles. The zero-order valence-electron chi connectivity index (χ0n) is 12.2. The quantitative estimate of drug-likeness (QED) is 0.693. The molecule has 0 radical (unpaired) electrons. The fraction of sp³-hybridized carbons (Fsp3) is 0.938. The van der Waals surface area contributed by atoms with Gasteiger partial charge in [-0.25, -0.2) is 0 Å². The van der Waals surface area contributed by atoms with Crippen LogP contribution in [0.3, 0.4) is 0 Å². The molecule has 1 heterocycles. The van der Waals surface area contributed by atoms with Crippen LogP contribution in [0.1, 0.15) is 71.6 Å². The van der Waals surface area contributed by atoms with Crippen molar-refractivity contribution in [2.24, 2.45) is 5.92 Å². The average molecular weight is 251 g/mol. The van der Waals surface area contributed by atoms with Crippen LogP contribution in [-0.4, -0.2) is 29.3 Å². The summed E-state index contributed by atoms with van der Waals surface area (Å²) in [5.74, 6) is 1.35. The zero-order chi connectivity index (χ0) is 13.0. The van der Waals surface area contributed by atoms with Gasteiger partial charge in [0.1, 0.15) is 5.78 Å². The summed E-state index contributed by atoms with van der Waals surface area (Å²) in [5.41, 5.74) is 0.383. The fourth-order valence-electron chi connectivity index (χ4n) is 3.79. The third kappa shape index (κ3) is 3.14. The zero-order valence-corrected chi connectivity index (χ0v) is 12.2. The summed E-state index contributed by atoms with van der Waals surface area (Å²) >= 11 is 0. The standard InChI is InChI=1S/C16H29NO/c1-3-4-5-9-16(10-6-15(18)7-11-16)17-12-8-14(2)13-17/h14H,3-13H2,1-2H3. The molecule has 104 valence electrons. The van der Waals surface area contributed by atoms with Gasteiger partial charge < -0.3 is 0 Å². The Kier molecular flexibility index (Phi) is 4.83. The third-order valence-corrected chi connectivity index (χ3v) is 5.08. The van der Waals surface area contributed by atoms with E-state index in [9.17, 15) is 4.79 Å². The maximum absolute atomic E-state index is 11.5. The van der Waals surface area contributed by atoms with Crippen molar-refractivity contribution < 1.29 is 4.79 Å². The number of Topliss-reactive ketones (excluding diaryl/α,β-unsaturated/α-hetero) is 1. The van der Waals surface area contributed by atoms with Crippen LogP contribution in [0.4, 0.5) is 0 Å². The first-order valence-electron chi connectivity index (χ1n) is 7.93. The Labute approximate surface area is 112 Å². The van der Waals surface area contributed by atoms with Crippen molar-refractivity contribution in [3.8, 4) is 0 Å². The fourth-order valence-corrected chi connectivity index (χ4v) is 3.79. The topological polar surface area (TPSA) is 20.3 Å². The van der Waals surface area contributed by atoms with Gasteiger partial charge in [0.05, 0.1) is 0 Å². The normalized spacial score (nSPS) is 28.8. The van der Waals surface area contributed by atoms with Crippen LogP contribution in [0.15, 0.2) is 0 Å². The summed E-state index contributed by atoms with van der Waals surface area (Å²) in [6, 6.07) is 0. The molecular formula is C16H29NO. The van der Waals surface area contributed by atoms with Gasteiger partial charge in [0.25, 0.3) is 0 Å². The Bertz CT molecular complexity index is 277. The minimum atomic E-state index is 0.383. The Morgan fingerprint density at radius 2 is 2.00 bits per heavy atom. The number of carbonyl (C=O) groups is 1. The highest BCUT2D eigenvalue weighted by Gasteiger charge is 2.41. The van der Waals surface area contributed by atoms with Gasteiger partial charge in [0, 0.05) is 24.9 Å². The Morgan fingerprint density at radius 3 is 2.56 bits per heavy atom. The minimum absolute atomic E-state index is 0.383. The molecule has 1 atom stereocenters. The molecule has 0 aromatic carbocycles. The molecule has 1 unspecified atom stereocenters. The van der Waals surface area contributed by atoms with Gasteiger partial charge in [-0.15, -0.1) is 0 Å². The van der Waals surface area contributed by atoms with Gasteiger partial charge in [-0.05, 0) is 38.1 Å². The van der Waals surface area contributed by atoms with Crippen molar-refractivity contribution in [1.82, 2.24) is 4.90 Å². The number of hydrogen-bond acceptors (Lipinski definition) is 2. The molecule has 2 fully saturated rings. The van der Waals surface area contributed by atoms with E-state index in [0.29, 0.717) is 11.3 Å². The maximum atomic E-state index is 11.5. The summed E-state index contributed by atoms with van der Waals surface area (Å²) in [5, 5.41) is 0. The number of likely N-dealkylation sites (tertiary alicyclic amines) is 1. The van der Waals surface area contributed by atoms with E-state index in [1.165, 1.54) is 45.2 Å². The number of rotatable bonds is 5. The van der Waals surface area contributed by atoms with Gasteiger partial charge >= 0.3 is 0 Å². The van der Waals surface area contributed by atoms with Crippen molar-refractivity contribution in [2.45, 2.75) is 77.2 Å². The van der Waals surface area contributed by atoms with Crippen molar-refractivity contribution in [3.63, 3.8) is 0 Å². The van der Waals surface area contributed by atoms with Crippen LogP contribution < -0.4 is 0 Å². The number of ketones is 1. The molecule has 2 nitrogen and oxygen atoms in total. The lowest BCUT2D eigenvalue weighted by Crippen LogP contribution is -2.50. The lowest BCUT2D eigenvalue weighted by Gasteiger charge is -2.45. The second-order valence-corrected chi connectivity index (χ2v) is 6.56. The SMILES string of the molecule is CCCCCC1(N2CCC(C)C2)CCC(=O)CC1. The highest BCUT2D eigenvalue weighted by molar-refractivity contribution is 5.79. The smallest absolute Gasteiger partial charge is 0.133 e.